The molecule has 0 amide bonds. The van der Waals surface area contributed by atoms with E-state index in [4.69, 9.17) is 5.73 Å². The Bertz CT molecular complexity index is 312. The van der Waals surface area contributed by atoms with E-state index in [0.29, 0.717) is 5.75 Å². The number of halogens is 1. The summed E-state index contributed by atoms with van der Waals surface area (Å²) < 4.78 is 0. The number of hydrogen-bond acceptors (Lipinski definition) is 2. The Hall–Kier alpha value is -0.990. The van der Waals surface area contributed by atoms with Gasteiger partial charge in [0.25, 0.3) is 0 Å². The molecule has 2 nitrogen and oxygen atoms in total. The van der Waals surface area contributed by atoms with Gasteiger partial charge < -0.3 is 10.8 Å². The summed E-state index contributed by atoms with van der Waals surface area (Å²) in [6.07, 6.45) is 2.43. The molecule has 0 saturated heterocycles. The second-order valence-corrected chi connectivity index (χ2v) is 2.97. The molecule has 0 aliphatic carbocycles. The summed E-state index contributed by atoms with van der Waals surface area (Å²) in [4.78, 5) is 0. The fourth-order valence-electron chi connectivity index (χ4n) is 1.29. The van der Waals surface area contributed by atoms with Gasteiger partial charge in [0.2, 0.25) is 0 Å². The van der Waals surface area contributed by atoms with Crippen molar-refractivity contribution >= 4 is 12.4 Å². The molecule has 0 aromatic heterocycles. The molecule has 1 atom stereocenters. The minimum Gasteiger partial charge on any atom is -0.507 e. The topological polar surface area (TPSA) is 46.2 Å². The first-order chi connectivity index (χ1) is 6.20. The third-order valence-corrected chi connectivity index (χ3v) is 2.14. The number of hydrogen-bond donors (Lipinski definition) is 2. The van der Waals surface area contributed by atoms with Gasteiger partial charge in [0.1, 0.15) is 5.75 Å². The predicted octanol–water partition coefficient (Wildman–Crippen LogP) is 2.56. The van der Waals surface area contributed by atoms with E-state index >= 15 is 0 Å². The van der Waals surface area contributed by atoms with Gasteiger partial charge in [0, 0.05) is 5.56 Å². The molecule has 3 N–H and O–H groups in total. The van der Waals surface area contributed by atoms with Crippen molar-refractivity contribution in [1.29, 1.82) is 0 Å². The van der Waals surface area contributed by atoms with Crippen molar-refractivity contribution in [2.24, 2.45) is 5.73 Å². The van der Waals surface area contributed by atoms with Crippen LogP contribution in [0, 0.1) is 0 Å². The second-order valence-electron chi connectivity index (χ2n) is 2.97. The Balaban J connectivity index is 0.00000169. The van der Waals surface area contributed by atoms with Crippen LogP contribution in [0.1, 0.15) is 24.1 Å². The molecule has 0 bridgehead atoms. The molecular weight excluding hydrogens is 198 g/mol. The standard InChI is InChI=1S/C11H15NO.ClH/c1-3-8-6-5-7-9(11(8)13)10(12)4-2;/h4-7,10,13H,2-3,12H2,1H3;1H/t10-;/m0./s1. The van der Waals surface area contributed by atoms with Gasteiger partial charge in [-0.2, -0.15) is 0 Å². The Morgan fingerprint density at radius 3 is 2.71 bits per heavy atom. The predicted molar refractivity (Wildman–Crippen MR) is 61.9 cm³/mol. The maximum Gasteiger partial charge on any atom is 0.123 e. The molecule has 0 radical (unpaired) electrons. The number of aromatic hydroxyl groups is 1. The molecule has 14 heavy (non-hydrogen) atoms. The Morgan fingerprint density at radius 1 is 1.57 bits per heavy atom. The van der Waals surface area contributed by atoms with E-state index in [2.05, 4.69) is 6.58 Å². The third-order valence-electron chi connectivity index (χ3n) is 2.14. The highest BCUT2D eigenvalue weighted by Gasteiger charge is 2.09. The van der Waals surface area contributed by atoms with Crippen LogP contribution in [0.5, 0.6) is 5.75 Å². The smallest absolute Gasteiger partial charge is 0.123 e. The lowest BCUT2D eigenvalue weighted by atomic mass is 10.0. The van der Waals surface area contributed by atoms with Crippen molar-refractivity contribution in [2.75, 3.05) is 0 Å². The summed E-state index contributed by atoms with van der Waals surface area (Å²) in [6, 6.07) is 5.33. The normalized spacial score (nSPS) is 11.6. The fourth-order valence-corrected chi connectivity index (χ4v) is 1.29. The molecule has 1 rings (SSSR count). The van der Waals surface area contributed by atoms with Crippen LogP contribution >= 0.6 is 12.4 Å². The summed E-state index contributed by atoms with van der Waals surface area (Å²) >= 11 is 0. The minimum atomic E-state index is -0.286. The van der Waals surface area contributed by atoms with Crippen LogP contribution in [-0.2, 0) is 6.42 Å². The molecule has 78 valence electrons. The van der Waals surface area contributed by atoms with Crippen molar-refractivity contribution in [3.05, 3.63) is 42.0 Å². The molecule has 1 aromatic carbocycles. The highest BCUT2D eigenvalue weighted by molar-refractivity contribution is 5.85. The zero-order valence-corrected chi connectivity index (χ0v) is 9.05. The SMILES string of the molecule is C=C[C@H](N)c1cccc(CC)c1O.Cl. The number of para-hydroxylation sites is 1. The quantitative estimate of drug-likeness (QED) is 0.759. The molecule has 0 heterocycles. The number of aryl methyl sites for hydroxylation is 1. The monoisotopic (exact) mass is 213 g/mol. The molecule has 1 aromatic rings. The van der Waals surface area contributed by atoms with Gasteiger partial charge in [-0.05, 0) is 12.0 Å². The van der Waals surface area contributed by atoms with Crippen LogP contribution in [0.4, 0.5) is 0 Å². The van der Waals surface area contributed by atoms with Gasteiger partial charge >= 0.3 is 0 Å². The summed E-state index contributed by atoms with van der Waals surface area (Å²) in [6.45, 7) is 5.60. The van der Waals surface area contributed by atoms with E-state index in [-0.39, 0.29) is 18.4 Å². The third kappa shape index (κ3) is 2.50. The van der Waals surface area contributed by atoms with Crippen LogP contribution in [0.15, 0.2) is 30.9 Å². The van der Waals surface area contributed by atoms with E-state index in [0.717, 1.165) is 17.5 Å². The fraction of sp³-hybridized carbons (Fsp3) is 0.273. The van der Waals surface area contributed by atoms with Crippen molar-refractivity contribution in [3.63, 3.8) is 0 Å². The van der Waals surface area contributed by atoms with Crippen LogP contribution in [0.25, 0.3) is 0 Å². The lowest BCUT2D eigenvalue weighted by molar-refractivity contribution is 0.459. The first-order valence-electron chi connectivity index (χ1n) is 4.39. The first kappa shape index (κ1) is 13.0. The van der Waals surface area contributed by atoms with E-state index in [1.807, 2.05) is 25.1 Å². The Kier molecular flexibility index (Phi) is 5.28. The van der Waals surface area contributed by atoms with E-state index in [9.17, 15) is 5.11 Å². The number of nitrogens with two attached hydrogens (primary N) is 1. The zero-order valence-electron chi connectivity index (χ0n) is 8.23. The van der Waals surface area contributed by atoms with E-state index in [1.54, 1.807) is 6.08 Å². The van der Waals surface area contributed by atoms with Crippen LogP contribution < -0.4 is 5.73 Å². The van der Waals surface area contributed by atoms with Crippen molar-refractivity contribution in [3.8, 4) is 5.75 Å². The molecule has 0 aliphatic rings. The molecule has 0 saturated carbocycles. The summed E-state index contributed by atoms with van der Waals surface area (Å²) in [5, 5.41) is 9.76. The number of phenols is 1. The molecule has 0 fully saturated rings. The van der Waals surface area contributed by atoms with Crippen molar-refractivity contribution in [1.82, 2.24) is 0 Å². The van der Waals surface area contributed by atoms with E-state index in [1.165, 1.54) is 0 Å². The first-order valence-corrected chi connectivity index (χ1v) is 4.39. The van der Waals surface area contributed by atoms with Gasteiger partial charge in [-0.15, -0.1) is 19.0 Å². The van der Waals surface area contributed by atoms with Crippen LogP contribution in [0.2, 0.25) is 0 Å². The largest absolute Gasteiger partial charge is 0.507 e. The summed E-state index contributed by atoms with van der Waals surface area (Å²) in [7, 11) is 0. The second kappa shape index (κ2) is 5.68. The summed E-state index contributed by atoms with van der Waals surface area (Å²) in [5.74, 6) is 0.303. The van der Waals surface area contributed by atoms with Gasteiger partial charge in [0.05, 0.1) is 6.04 Å². The number of benzene rings is 1. The number of rotatable bonds is 3. The average molecular weight is 214 g/mol. The lowest BCUT2D eigenvalue weighted by Crippen LogP contribution is -2.07. The van der Waals surface area contributed by atoms with Crippen LogP contribution in [0.3, 0.4) is 0 Å². The van der Waals surface area contributed by atoms with Gasteiger partial charge in [-0.25, -0.2) is 0 Å². The highest BCUT2D eigenvalue weighted by Crippen LogP contribution is 2.27. The highest BCUT2D eigenvalue weighted by atomic mass is 35.5. The molecule has 0 unspecified atom stereocenters. The van der Waals surface area contributed by atoms with Gasteiger partial charge in [-0.1, -0.05) is 31.2 Å². The molecule has 0 spiro atoms. The maximum absolute atomic E-state index is 9.76. The summed E-state index contributed by atoms with van der Waals surface area (Å²) in [5.41, 5.74) is 7.41. The Morgan fingerprint density at radius 2 is 2.21 bits per heavy atom. The van der Waals surface area contributed by atoms with Crippen molar-refractivity contribution < 1.29 is 5.11 Å². The molecule has 0 aliphatic heterocycles. The van der Waals surface area contributed by atoms with Crippen molar-refractivity contribution in [2.45, 2.75) is 19.4 Å². The van der Waals surface area contributed by atoms with Gasteiger partial charge in [-0.3, -0.25) is 0 Å². The van der Waals surface area contributed by atoms with E-state index < -0.39 is 0 Å². The number of phenolic OH excluding ortho intramolecular Hbond substituents is 1. The van der Waals surface area contributed by atoms with Crippen LogP contribution in [-0.4, -0.2) is 5.11 Å². The molecule has 3 heteroatoms. The maximum atomic E-state index is 9.76. The minimum absolute atomic E-state index is 0. The average Bonchev–Trinajstić information content (AvgIpc) is 2.17. The lowest BCUT2D eigenvalue weighted by Gasteiger charge is -2.11. The van der Waals surface area contributed by atoms with Gasteiger partial charge in [0.15, 0.2) is 0 Å². The Labute approximate surface area is 90.9 Å². The zero-order chi connectivity index (χ0) is 9.84. The molecular formula is C11H16ClNO.